The molecular weight excluding hydrogens is 398 g/mol. The lowest BCUT2D eigenvalue weighted by Crippen LogP contribution is -2.43. The molecule has 0 aromatic heterocycles. The molecule has 2 aromatic carbocycles. The summed E-state index contributed by atoms with van der Waals surface area (Å²) < 4.78 is 29.3. The zero-order valence-corrected chi connectivity index (χ0v) is 17.3. The van der Waals surface area contributed by atoms with E-state index in [4.69, 9.17) is 16.3 Å². The first-order valence-electron chi connectivity index (χ1n) is 8.96. The highest BCUT2D eigenvalue weighted by atomic mass is 35.5. The number of benzene rings is 2. The van der Waals surface area contributed by atoms with Crippen molar-refractivity contribution < 1.29 is 17.9 Å². The molecule has 1 amide bonds. The Hall–Kier alpha value is -2.31. The number of ether oxygens (including phenoxy) is 1. The largest absolute Gasteiger partial charge is 0.484 e. The number of hydrogen-bond acceptors (Lipinski definition) is 4. The minimum atomic E-state index is -3.31. The fraction of sp³-hybridized carbons (Fsp3) is 0.286. The molecule has 5 nitrogen and oxygen atoms in total. The Kier molecular flexibility index (Phi) is 6.10. The fourth-order valence-corrected chi connectivity index (χ4v) is 4.40. The average molecular weight is 420 g/mol. The topological polar surface area (TPSA) is 63.7 Å². The Morgan fingerprint density at radius 1 is 1.14 bits per heavy atom. The minimum Gasteiger partial charge on any atom is -0.484 e. The second-order valence-corrected chi connectivity index (χ2v) is 9.35. The van der Waals surface area contributed by atoms with Gasteiger partial charge >= 0.3 is 0 Å². The van der Waals surface area contributed by atoms with Gasteiger partial charge in [0.15, 0.2) is 16.4 Å². The van der Waals surface area contributed by atoms with Gasteiger partial charge in [-0.1, -0.05) is 37.6 Å². The molecule has 0 unspecified atom stereocenters. The molecule has 1 aliphatic rings. The molecule has 7 heteroatoms. The number of halogens is 1. The molecule has 0 spiro atoms. The van der Waals surface area contributed by atoms with E-state index in [1.165, 1.54) is 10.3 Å². The SMILES string of the molecule is CC(C)c1ccc(N(C(=O)COc2ccc(Cl)cc2)[C@H]2C=CS(=O)(=O)C2)cc1. The summed E-state index contributed by atoms with van der Waals surface area (Å²) in [6, 6.07) is 13.7. The first kappa shape index (κ1) is 20.4. The summed E-state index contributed by atoms with van der Waals surface area (Å²) in [5.74, 6) is 0.422. The minimum absolute atomic E-state index is 0.133. The Balaban J connectivity index is 1.82. The lowest BCUT2D eigenvalue weighted by molar-refractivity contribution is -0.120. The Bertz CT molecular complexity index is 966. The van der Waals surface area contributed by atoms with Crippen LogP contribution in [0.3, 0.4) is 0 Å². The summed E-state index contributed by atoms with van der Waals surface area (Å²) in [6.07, 6.45) is 1.55. The summed E-state index contributed by atoms with van der Waals surface area (Å²) in [5.41, 5.74) is 1.78. The summed E-state index contributed by atoms with van der Waals surface area (Å²) >= 11 is 5.86. The molecule has 3 rings (SSSR count). The number of carbonyl (C=O) groups is 1. The maximum absolute atomic E-state index is 12.9. The van der Waals surface area contributed by atoms with Crippen molar-refractivity contribution in [1.29, 1.82) is 0 Å². The lowest BCUT2D eigenvalue weighted by atomic mass is 10.0. The third kappa shape index (κ3) is 4.94. The van der Waals surface area contributed by atoms with Crippen LogP contribution in [0, 0.1) is 0 Å². The van der Waals surface area contributed by atoms with Gasteiger partial charge in [0.25, 0.3) is 5.91 Å². The van der Waals surface area contributed by atoms with Crippen molar-refractivity contribution >= 4 is 33.0 Å². The standard InChI is InChI=1S/C21H22ClNO4S/c1-15(2)16-3-7-18(8-4-16)23(19-11-12-28(25,26)14-19)21(24)13-27-20-9-5-17(22)6-10-20/h3-12,15,19H,13-14H2,1-2H3/t19-/m0/s1. The van der Waals surface area contributed by atoms with Crippen LogP contribution in [0.1, 0.15) is 25.3 Å². The van der Waals surface area contributed by atoms with Crippen molar-refractivity contribution in [2.75, 3.05) is 17.3 Å². The van der Waals surface area contributed by atoms with Crippen molar-refractivity contribution in [3.05, 3.63) is 70.6 Å². The summed E-state index contributed by atoms with van der Waals surface area (Å²) in [7, 11) is -3.31. The van der Waals surface area contributed by atoms with Gasteiger partial charge in [-0.2, -0.15) is 0 Å². The Morgan fingerprint density at radius 2 is 1.79 bits per heavy atom. The van der Waals surface area contributed by atoms with Crippen LogP contribution in [0.25, 0.3) is 0 Å². The molecule has 0 N–H and O–H groups in total. The molecule has 28 heavy (non-hydrogen) atoms. The molecule has 0 radical (unpaired) electrons. The number of carbonyl (C=O) groups excluding carboxylic acids is 1. The highest BCUT2D eigenvalue weighted by molar-refractivity contribution is 7.94. The second kappa shape index (κ2) is 8.37. The maximum Gasteiger partial charge on any atom is 0.265 e. The van der Waals surface area contributed by atoms with E-state index < -0.39 is 15.9 Å². The summed E-state index contributed by atoms with van der Waals surface area (Å²) in [4.78, 5) is 14.4. The van der Waals surface area contributed by atoms with Gasteiger partial charge in [-0.05, 0) is 54.0 Å². The van der Waals surface area contributed by atoms with Gasteiger partial charge in [0, 0.05) is 16.1 Å². The lowest BCUT2D eigenvalue weighted by Gasteiger charge is -2.28. The first-order valence-corrected chi connectivity index (χ1v) is 11.1. The predicted octanol–water partition coefficient (Wildman–Crippen LogP) is 4.19. The monoisotopic (exact) mass is 419 g/mol. The molecule has 1 heterocycles. The van der Waals surface area contributed by atoms with E-state index in [0.29, 0.717) is 22.4 Å². The number of amides is 1. The van der Waals surface area contributed by atoms with E-state index in [-0.39, 0.29) is 18.3 Å². The predicted molar refractivity (Wildman–Crippen MR) is 112 cm³/mol. The van der Waals surface area contributed by atoms with Crippen LogP contribution in [0.4, 0.5) is 5.69 Å². The second-order valence-electron chi connectivity index (χ2n) is 6.98. The maximum atomic E-state index is 12.9. The number of sulfone groups is 1. The molecule has 0 fully saturated rings. The quantitative estimate of drug-likeness (QED) is 0.704. The molecule has 0 saturated carbocycles. The van der Waals surface area contributed by atoms with Gasteiger partial charge in [-0.15, -0.1) is 0 Å². The summed E-state index contributed by atoms with van der Waals surface area (Å²) in [6.45, 7) is 3.96. The van der Waals surface area contributed by atoms with E-state index in [9.17, 15) is 13.2 Å². The molecular formula is C21H22ClNO4S. The average Bonchev–Trinajstić information content (AvgIpc) is 3.01. The van der Waals surface area contributed by atoms with Crippen molar-refractivity contribution in [3.63, 3.8) is 0 Å². The highest BCUT2D eigenvalue weighted by Gasteiger charge is 2.31. The van der Waals surface area contributed by atoms with Gasteiger partial charge in [0.05, 0.1) is 11.8 Å². The normalized spacial score (nSPS) is 17.6. The number of rotatable bonds is 6. The molecule has 0 bridgehead atoms. The number of nitrogens with zero attached hydrogens (tertiary/aromatic N) is 1. The third-order valence-corrected chi connectivity index (χ3v) is 6.16. The van der Waals surface area contributed by atoms with Gasteiger partial charge in [-0.25, -0.2) is 8.42 Å². The molecule has 2 aromatic rings. The zero-order chi connectivity index (χ0) is 20.3. The summed E-state index contributed by atoms with van der Waals surface area (Å²) in [5, 5.41) is 1.74. The van der Waals surface area contributed by atoms with Gasteiger partial charge in [-0.3, -0.25) is 4.79 Å². The van der Waals surface area contributed by atoms with E-state index in [1.807, 2.05) is 24.3 Å². The first-order chi connectivity index (χ1) is 13.2. The van der Waals surface area contributed by atoms with E-state index in [2.05, 4.69) is 13.8 Å². The van der Waals surface area contributed by atoms with Gasteiger partial charge in [0.1, 0.15) is 5.75 Å². The molecule has 0 aliphatic carbocycles. The van der Waals surface area contributed by atoms with E-state index in [1.54, 1.807) is 30.3 Å². The fourth-order valence-electron chi connectivity index (χ4n) is 3.01. The smallest absolute Gasteiger partial charge is 0.265 e. The van der Waals surface area contributed by atoms with Crippen LogP contribution in [-0.2, 0) is 14.6 Å². The number of anilines is 1. The van der Waals surface area contributed by atoms with Crippen LogP contribution >= 0.6 is 11.6 Å². The Labute approximate surface area is 170 Å². The van der Waals surface area contributed by atoms with Gasteiger partial charge in [0.2, 0.25) is 0 Å². The molecule has 1 atom stereocenters. The zero-order valence-electron chi connectivity index (χ0n) is 15.7. The van der Waals surface area contributed by atoms with Crippen molar-refractivity contribution in [2.45, 2.75) is 25.8 Å². The van der Waals surface area contributed by atoms with Crippen LogP contribution in [0.5, 0.6) is 5.75 Å². The Morgan fingerprint density at radius 3 is 2.32 bits per heavy atom. The van der Waals surface area contributed by atoms with Crippen molar-refractivity contribution in [3.8, 4) is 5.75 Å². The van der Waals surface area contributed by atoms with Crippen LogP contribution in [-0.4, -0.2) is 32.7 Å². The van der Waals surface area contributed by atoms with Gasteiger partial charge < -0.3 is 9.64 Å². The molecule has 148 valence electrons. The van der Waals surface area contributed by atoms with E-state index in [0.717, 1.165) is 5.56 Å². The third-order valence-electron chi connectivity index (χ3n) is 4.53. The van der Waals surface area contributed by atoms with Crippen LogP contribution in [0.15, 0.2) is 60.0 Å². The molecule has 0 saturated heterocycles. The van der Waals surface area contributed by atoms with Crippen molar-refractivity contribution in [2.24, 2.45) is 0 Å². The van der Waals surface area contributed by atoms with Crippen LogP contribution in [0.2, 0.25) is 5.02 Å². The number of hydrogen-bond donors (Lipinski definition) is 0. The van der Waals surface area contributed by atoms with Crippen LogP contribution < -0.4 is 9.64 Å². The molecule has 1 aliphatic heterocycles. The van der Waals surface area contributed by atoms with Crippen molar-refractivity contribution in [1.82, 2.24) is 0 Å². The van der Waals surface area contributed by atoms with E-state index >= 15 is 0 Å². The highest BCUT2D eigenvalue weighted by Crippen LogP contribution is 2.26.